The predicted octanol–water partition coefficient (Wildman–Crippen LogP) is 1.51. The number of epoxide rings is 1. The van der Waals surface area contributed by atoms with Crippen LogP contribution in [0.2, 0.25) is 0 Å². The van der Waals surface area contributed by atoms with Gasteiger partial charge in [0.05, 0.1) is 34.0 Å². The number of aliphatic hydroxyl groups is 1. The van der Waals surface area contributed by atoms with Gasteiger partial charge in [-0.15, -0.1) is 22.7 Å². The molecular formula is C20H25NO7S3. The van der Waals surface area contributed by atoms with Crippen molar-refractivity contribution in [3.05, 3.63) is 44.8 Å². The molecule has 31 heavy (non-hydrogen) atoms. The number of piperidine rings is 1. The van der Waals surface area contributed by atoms with Gasteiger partial charge in [-0.3, -0.25) is 0 Å². The van der Waals surface area contributed by atoms with Crippen LogP contribution in [0.1, 0.15) is 22.6 Å². The van der Waals surface area contributed by atoms with E-state index in [1.807, 2.05) is 22.9 Å². The molecule has 2 bridgehead atoms. The highest BCUT2D eigenvalue weighted by molar-refractivity contribution is 7.84. The monoisotopic (exact) mass is 487 g/mol. The first-order chi connectivity index (χ1) is 14.4. The number of likely N-dealkylation sites (N-methyl/N-ethyl adjacent to an activating group) is 1. The maximum absolute atomic E-state index is 13.1. The fourth-order valence-corrected chi connectivity index (χ4v) is 6.54. The maximum Gasteiger partial charge on any atom is 0.349 e. The topological polar surface area (TPSA) is 116 Å². The Hall–Kier alpha value is -1.34. The molecule has 0 spiro atoms. The largest absolute Gasteiger partial charge is 0.748 e. The number of nitrogens with zero attached hydrogens (tertiary/aromatic N) is 1. The van der Waals surface area contributed by atoms with E-state index in [1.165, 1.54) is 22.7 Å². The summed E-state index contributed by atoms with van der Waals surface area (Å²) in [6.07, 6.45) is 2.65. The number of rotatable bonds is 4. The highest BCUT2D eigenvalue weighted by atomic mass is 32.2. The van der Waals surface area contributed by atoms with Gasteiger partial charge in [0.1, 0.15) is 30.4 Å². The Morgan fingerprint density at radius 2 is 1.61 bits per heavy atom. The summed E-state index contributed by atoms with van der Waals surface area (Å²) < 4.78 is 39.9. The van der Waals surface area contributed by atoms with Gasteiger partial charge in [0, 0.05) is 19.1 Å². The number of carbonyl (C=O) groups is 1. The zero-order chi connectivity index (χ0) is 22.6. The summed E-state index contributed by atoms with van der Waals surface area (Å²) in [5, 5.41) is 15.1. The van der Waals surface area contributed by atoms with E-state index >= 15 is 0 Å². The van der Waals surface area contributed by atoms with E-state index in [2.05, 4.69) is 14.1 Å². The molecule has 3 fully saturated rings. The second kappa shape index (κ2) is 7.91. The Morgan fingerprint density at radius 3 is 2.00 bits per heavy atom. The molecule has 1 unspecified atom stereocenters. The third-order valence-electron chi connectivity index (χ3n) is 6.36. The highest BCUT2D eigenvalue weighted by Crippen LogP contribution is 2.52. The summed E-state index contributed by atoms with van der Waals surface area (Å²) in [5.74, 6) is -0.561. The second-order valence-electron chi connectivity index (χ2n) is 8.70. The Bertz CT molecular complexity index is 971. The second-order valence-corrected chi connectivity index (χ2v) is 12.0. The lowest BCUT2D eigenvalue weighted by molar-refractivity contribution is -0.938. The SMILES string of the molecule is CS(=O)(=O)[O-].C[N+]1(C)[C@@H]2CC(OC(=O)C(O)(c3cccs3)c3cccs3)C[C@H]1[C@H]1O[C@H]12. The molecule has 5 heterocycles. The minimum atomic E-state index is -3.92. The van der Waals surface area contributed by atoms with Crippen molar-refractivity contribution in [2.45, 2.75) is 48.8 Å². The van der Waals surface area contributed by atoms with Crippen molar-refractivity contribution >= 4 is 38.8 Å². The van der Waals surface area contributed by atoms with Gasteiger partial charge in [0.25, 0.3) is 0 Å². The smallest absolute Gasteiger partial charge is 0.349 e. The zero-order valence-electron chi connectivity index (χ0n) is 17.3. The molecule has 5 rings (SSSR count). The van der Waals surface area contributed by atoms with Gasteiger partial charge in [-0.05, 0) is 22.9 Å². The molecule has 3 aliphatic rings. The van der Waals surface area contributed by atoms with E-state index in [4.69, 9.17) is 22.4 Å². The summed E-state index contributed by atoms with van der Waals surface area (Å²) in [6.45, 7) is 0. The minimum Gasteiger partial charge on any atom is -0.748 e. The molecule has 5 atom stereocenters. The van der Waals surface area contributed by atoms with Crippen LogP contribution in [-0.2, 0) is 30.0 Å². The van der Waals surface area contributed by atoms with Gasteiger partial charge in [-0.2, -0.15) is 0 Å². The fourth-order valence-electron chi connectivity index (χ4n) is 4.83. The van der Waals surface area contributed by atoms with Crippen LogP contribution in [0.25, 0.3) is 0 Å². The van der Waals surface area contributed by atoms with Crippen LogP contribution in [0.15, 0.2) is 35.0 Å². The van der Waals surface area contributed by atoms with E-state index in [0.29, 0.717) is 40.3 Å². The molecular weight excluding hydrogens is 462 g/mol. The van der Waals surface area contributed by atoms with Crippen molar-refractivity contribution < 1.29 is 36.8 Å². The van der Waals surface area contributed by atoms with Crippen molar-refractivity contribution in [3.63, 3.8) is 0 Å². The molecule has 8 nitrogen and oxygen atoms in total. The van der Waals surface area contributed by atoms with E-state index in [-0.39, 0.29) is 6.10 Å². The van der Waals surface area contributed by atoms with Crippen molar-refractivity contribution in [1.29, 1.82) is 0 Å². The number of morpholine rings is 1. The van der Waals surface area contributed by atoms with Crippen LogP contribution in [0.4, 0.5) is 0 Å². The molecule has 0 aromatic carbocycles. The summed E-state index contributed by atoms with van der Waals surface area (Å²) in [4.78, 5) is 14.3. The molecule has 11 heteroatoms. The van der Waals surface area contributed by atoms with Crippen molar-refractivity contribution in [3.8, 4) is 0 Å². The van der Waals surface area contributed by atoms with E-state index in [9.17, 15) is 9.90 Å². The van der Waals surface area contributed by atoms with E-state index in [0.717, 1.165) is 17.3 Å². The standard InChI is InChI=1S/C19H22NO4S2.CH4O3S/c1-20(2)12-9-11(10-13(20)17-16(12)24-17)23-18(21)19(22,14-5-3-7-25-14)15-6-4-8-26-15;1-5(2,3)4/h3-8,11-13,16-17,22H,9-10H2,1-2H3;1H3,(H,2,3,4)/q+1;/p-1/t11?,12-,13+,16+,17-;. The van der Waals surface area contributed by atoms with E-state index < -0.39 is 21.7 Å². The lowest BCUT2D eigenvalue weighted by atomic mass is 9.95. The summed E-state index contributed by atoms with van der Waals surface area (Å²) in [6, 6.07) is 8.01. The first-order valence-electron chi connectivity index (χ1n) is 9.83. The Morgan fingerprint density at radius 1 is 1.16 bits per heavy atom. The molecule has 0 aliphatic carbocycles. The third kappa shape index (κ3) is 4.32. The Balaban J connectivity index is 0.000000418. The highest BCUT2D eigenvalue weighted by Gasteiger charge is 2.71. The number of fused-ring (bicyclic) bond motifs is 5. The van der Waals surface area contributed by atoms with Crippen molar-refractivity contribution in [2.24, 2.45) is 0 Å². The van der Waals surface area contributed by atoms with Gasteiger partial charge in [0.15, 0.2) is 0 Å². The fraction of sp³-hybridized carbons (Fsp3) is 0.550. The molecule has 2 aromatic rings. The zero-order valence-corrected chi connectivity index (χ0v) is 19.8. The summed E-state index contributed by atoms with van der Waals surface area (Å²) in [7, 11) is 0.576. The summed E-state index contributed by atoms with van der Waals surface area (Å²) in [5.41, 5.74) is -1.72. The predicted molar refractivity (Wildman–Crippen MR) is 115 cm³/mol. The molecule has 3 aliphatic heterocycles. The maximum atomic E-state index is 13.1. The molecule has 1 N–H and O–H groups in total. The van der Waals surface area contributed by atoms with Crippen LogP contribution < -0.4 is 0 Å². The van der Waals surface area contributed by atoms with Crippen LogP contribution in [0.3, 0.4) is 0 Å². The van der Waals surface area contributed by atoms with Gasteiger partial charge in [-0.25, -0.2) is 13.2 Å². The van der Waals surface area contributed by atoms with E-state index in [1.54, 1.807) is 12.1 Å². The third-order valence-corrected chi connectivity index (χ3v) is 8.32. The van der Waals surface area contributed by atoms with Crippen LogP contribution >= 0.6 is 22.7 Å². The number of hydrogen-bond acceptors (Lipinski definition) is 9. The average Bonchev–Trinajstić information content (AvgIpc) is 3.01. The minimum absolute atomic E-state index is 0.161. The van der Waals surface area contributed by atoms with Gasteiger partial charge in [0.2, 0.25) is 5.60 Å². The van der Waals surface area contributed by atoms with Crippen molar-refractivity contribution in [2.75, 3.05) is 20.4 Å². The number of esters is 1. The molecule has 3 saturated heterocycles. The first-order valence-corrected chi connectivity index (χ1v) is 13.4. The normalized spacial score (nSPS) is 30.7. The summed E-state index contributed by atoms with van der Waals surface area (Å²) >= 11 is 2.74. The number of carbonyl (C=O) groups excluding carboxylic acids is 1. The number of quaternary nitrogens is 1. The van der Waals surface area contributed by atoms with Crippen molar-refractivity contribution in [1.82, 2.24) is 0 Å². The molecule has 170 valence electrons. The number of thiophene rings is 2. The molecule has 0 radical (unpaired) electrons. The van der Waals surface area contributed by atoms with Crippen LogP contribution in [0.5, 0.6) is 0 Å². The molecule has 0 saturated carbocycles. The number of hydrogen-bond donors (Lipinski definition) is 1. The van der Waals surface area contributed by atoms with Gasteiger partial charge < -0.3 is 23.6 Å². The average molecular weight is 488 g/mol. The Labute approximate surface area is 189 Å². The van der Waals surface area contributed by atoms with Crippen LogP contribution in [-0.4, -0.2) is 79.3 Å². The van der Waals surface area contributed by atoms with Crippen LogP contribution in [0, 0.1) is 0 Å². The number of ether oxygens (including phenoxy) is 2. The lowest BCUT2D eigenvalue weighted by Crippen LogP contribution is -2.60. The van der Waals surface area contributed by atoms with Gasteiger partial charge >= 0.3 is 5.97 Å². The molecule has 2 aromatic heterocycles. The lowest BCUT2D eigenvalue weighted by Gasteiger charge is -2.45. The quantitative estimate of drug-likeness (QED) is 0.301. The first kappa shape index (κ1) is 22.8. The van der Waals surface area contributed by atoms with Gasteiger partial charge in [-0.1, -0.05) is 12.1 Å². The molecule has 0 amide bonds. The Kier molecular flexibility index (Phi) is 5.83.